The molecule has 5 nitrogen and oxygen atoms in total. The minimum Gasteiger partial charge on any atom is -0.370 e. The molecule has 1 aromatic carbocycles. The maximum absolute atomic E-state index is 12.1. The Bertz CT molecular complexity index is 648. The number of hydrogen-bond donors (Lipinski definition) is 3. The van der Waals surface area contributed by atoms with E-state index in [1.165, 1.54) is 0 Å². The number of aromatic amines is 2. The summed E-state index contributed by atoms with van der Waals surface area (Å²) < 4.78 is 41.1. The molecule has 116 valence electrons. The normalized spacial score (nSPS) is 13.7. The molecular formula is C13H16F3N3O2. The second kappa shape index (κ2) is 6.31. The molecule has 0 spiro atoms. The van der Waals surface area contributed by atoms with Crippen molar-refractivity contribution in [3.05, 3.63) is 34.2 Å². The molecule has 0 aliphatic rings. The molecule has 0 saturated heterocycles. The van der Waals surface area contributed by atoms with Gasteiger partial charge >= 0.3 is 11.9 Å². The van der Waals surface area contributed by atoms with E-state index >= 15 is 0 Å². The summed E-state index contributed by atoms with van der Waals surface area (Å²) in [6.07, 6.45) is -4.34. The van der Waals surface area contributed by atoms with Gasteiger partial charge in [0.05, 0.1) is 23.7 Å². The number of hydrogen-bond acceptors (Lipinski definition) is 3. The molecule has 1 atom stereocenters. The van der Waals surface area contributed by atoms with Crippen molar-refractivity contribution in [2.45, 2.75) is 19.1 Å². The third-order valence-electron chi connectivity index (χ3n) is 2.94. The summed E-state index contributed by atoms with van der Waals surface area (Å²) in [6, 6.07) is 4.80. The largest absolute Gasteiger partial charge is 0.411 e. The van der Waals surface area contributed by atoms with Crippen LogP contribution in [0, 0.1) is 0 Å². The van der Waals surface area contributed by atoms with E-state index in [0.717, 1.165) is 5.56 Å². The molecule has 3 N–H and O–H groups in total. The molecule has 0 fully saturated rings. The number of H-pyrrole nitrogens is 2. The first-order valence-electron chi connectivity index (χ1n) is 6.49. The number of aromatic nitrogens is 2. The van der Waals surface area contributed by atoms with Crippen molar-refractivity contribution in [1.82, 2.24) is 15.3 Å². The van der Waals surface area contributed by atoms with Crippen LogP contribution in [0.25, 0.3) is 11.0 Å². The molecule has 0 radical (unpaired) electrons. The van der Waals surface area contributed by atoms with Crippen LogP contribution in [0.3, 0.4) is 0 Å². The molecule has 0 aliphatic carbocycles. The van der Waals surface area contributed by atoms with E-state index < -0.39 is 12.8 Å². The van der Waals surface area contributed by atoms with E-state index in [4.69, 9.17) is 4.74 Å². The van der Waals surface area contributed by atoms with Gasteiger partial charge in [-0.15, -0.1) is 0 Å². The van der Waals surface area contributed by atoms with Crippen molar-refractivity contribution in [2.75, 3.05) is 19.8 Å². The van der Waals surface area contributed by atoms with Crippen LogP contribution < -0.4 is 11.0 Å². The molecule has 0 bridgehead atoms. The average Bonchev–Trinajstić information content (AvgIpc) is 2.75. The Hall–Kier alpha value is -1.80. The highest BCUT2D eigenvalue weighted by Gasteiger charge is 2.28. The number of halogens is 3. The third kappa shape index (κ3) is 4.33. The molecular weight excluding hydrogens is 287 g/mol. The lowest BCUT2D eigenvalue weighted by Gasteiger charge is -2.19. The fraction of sp³-hybridized carbons (Fsp3) is 0.462. The maximum atomic E-state index is 12.1. The topological polar surface area (TPSA) is 69.9 Å². The number of benzene rings is 1. The van der Waals surface area contributed by atoms with Crippen LogP contribution in [0.4, 0.5) is 13.2 Å². The molecule has 0 saturated carbocycles. The van der Waals surface area contributed by atoms with Crippen molar-refractivity contribution < 1.29 is 17.9 Å². The molecule has 1 unspecified atom stereocenters. The molecule has 21 heavy (non-hydrogen) atoms. The second-order valence-corrected chi connectivity index (χ2v) is 4.62. The highest BCUT2D eigenvalue weighted by molar-refractivity contribution is 5.75. The molecule has 1 heterocycles. The summed E-state index contributed by atoms with van der Waals surface area (Å²) in [7, 11) is 0. The highest BCUT2D eigenvalue weighted by atomic mass is 19.4. The standard InChI is InChI=1S/C13H16F3N3O2/c1-2-17-11(6-21-7-13(14,15)16)8-3-4-9-10(5-8)19-12(20)18-9/h3-5,11,17H,2,6-7H2,1H3,(H2,18,19,20). The lowest BCUT2D eigenvalue weighted by atomic mass is 10.1. The Morgan fingerprint density at radius 1 is 1.29 bits per heavy atom. The summed E-state index contributed by atoms with van der Waals surface area (Å²) in [5, 5.41) is 3.06. The lowest BCUT2D eigenvalue weighted by molar-refractivity contribution is -0.175. The van der Waals surface area contributed by atoms with Crippen molar-refractivity contribution in [3.8, 4) is 0 Å². The molecule has 2 aromatic rings. The van der Waals surface area contributed by atoms with Crippen LogP contribution in [0.1, 0.15) is 18.5 Å². The first-order chi connectivity index (χ1) is 9.89. The lowest BCUT2D eigenvalue weighted by Crippen LogP contribution is -2.28. The monoisotopic (exact) mass is 303 g/mol. The zero-order valence-corrected chi connectivity index (χ0v) is 11.4. The van der Waals surface area contributed by atoms with E-state index in [1.807, 2.05) is 6.92 Å². The molecule has 8 heteroatoms. The molecule has 2 rings (SSSR count). The summed E-state index contributed by atoms with van der Waals surface area (Å²) in [5.41, 5.74) is 1.68. The van der Waals surface area contributed by atoms with Crippen LogP contribution in [0.2, 0.25) is 0 Å². The molecule has 1 aromatic heterocycles. The van der Waals surface area contributed by atoms with Crippen molar-refractivity contribution >= 4 is 11.0 Å². The molecule has 0 aliphatic heterocycles. The van der Waals surface area contributed by atoms with Crippen LogP contribution in [0.5, 0.6) is 0 Å². The highest BCUT2D eigenvalue weighted by Crippen LogP contribution is 2.20. The van der Waals surface area contributed by atoms with Crippen LogP contribution >= 0.6 is 0 Å². The van der Waals surface area contributed by atoms with Gasteiger partial charge < -0.3 is 20.0 Å². The number of likely N-dealkylation sites (N-methyl/N-ethyl adjacent to an activating group) is 1. The van der Waals surface area contributed by atoms with Gasteiger partial charge in [0.25, 0.3) is 0 Å². The van der Waals surface area contributed by atoms with Crippen molar-refractivity contribution in [3.63, 3.8) is 0 Å². The van der Waals surface area contributed by atoms with Crippen LogP contribution in [-0.4, -0.2) is 35.9 Å². The van der Waals surface area contributed by atoms with Crippen molar-refractivity contribution in [2.24, 2.45) is 0 Å². The number of ether oxygens (including phenoxy) is 1. The number of alkyl halides is 3. The first kappa shape index (κ1) is 15.6. The van der Waals surface area contributed by atoms with E-state index in [2.05, 4.69) is 15.3 Å². The number of fused-ring (bicyclic) bond motifs is 1. The van der Waals surface area contributed by atoms with Gasteiger partial charge in [-0.1, -0.05) is 13.0 Å². The van der Waals surface area contributed by atoms with E-state index in [9.17, 15) is 18.0 Å². The Labute approximate surface area is 118 Å². The van der Waals surface area contributed by atoms with Gasteiger partial charge in [0.2, 0.25) is 0 Å². The van der Waals surface area contributed by atoms with E-state index in [1.54, 1.807) is 18.2 Å². The minimum atomic E-state index is -4.34. The summed E-state index contributed by atoms with van der Waals surface area (Å²) in [5.74, 6) is 0. The van der Waals surface area contributed by atoms with Gasteiger partial charge in [-0.3, -0.25) is 0 Å². The fourth-order valence-electron chi connectivity index (χ4n) is 2.08. The number of rotatable bonds is 6. The predicted molar refractivity (Wildman–Crippen MR) is 72.2 cm³/mol. The zero-order chi connectivity index (χ0) is 15.5. The van der Waals surface area contributed by atoms with Gasteiger partial charge in [-0.2, -0.15) is 13.2 Å². The third-order valence-corrected chi connectivity index (χ3v) is 2.94. The minimum absolute atomic E-state index is 0.104. The van der Waals surface area contributed by atoms with Gasteiger partial charge in [0.15, 0.2) is 0 Å². The number of imidazole rings is 1. The molecule has 0 amide bonds. The Morgan fingerprint density at radius 3 is 2.67 bits per heavy atom. The Morgan fingerprint density at radius 2 is 2.00 bits per heavy atom. The van der Waals surface area contributed by atoms with Gasteiger partial charge in [0.1, 0.15) is 6.61 Å². The zero-order valence-electron chi connectivity index (χ0n) is 11.4. The maximum Gasteiger partial charge on any atom is 0.411 e. The van der Waals surface area contributed by atoms with Crippen LogP contribution in [0.15, 0.2) is 23.0 Å². The van der Waals surface area contributed by atoms with Gasteiger partial charge in [-0.25, -0.2) is 4.79 Å². The quantitative estimate of drug-likeness (QED) is 0.765. The van der Waals surface area contributed by atoms with Crippen molar-refractivity contribution in [1.29, 1.82) is 0 Å². The first-order valence-corrected chi connectivity index (χ1v) is 6.49. The van der Waals surface area contributed by atoms with Gasteiger partial charge in [0, 0.05) is 0 Å². The summed E-state index contributed by atoms with van der Waals surface area (Å²) in [6.45, 7) is 1.06. The summed E-state index contributed by atoms with van der Waals surface area (Å²) >= 11 is 0. The Kier molecular flexibility index (Phi) is 4.69. The summed E-state index contributed by atoms with van der Waals surface area (Å²) in [4.78, 5) is 16.4. The number of nitrogens with one attached hydrogen (secondary N) is 3. The smallest absolute Gasteiger partial charge is 0.370 e. The van der Waals surface area contributed by atoms with E-state index in [-0.39, 0.29) is 18.3 Å². The average molecular weight is 303 g/mol. The SMILES string of the molecule is CCNC(COCC(F)(F)F)c1ccc2[nH]c(=O)[nH]c2c1. The fourth-order valence-corrected chi connectivity index (χ4v) is 2.08. The van der Waals surface area contributed by atoms with Gasteiger partial charge in [-0.05, 0) is 24.2 Å². The van der Waals surface area contributed by atoms with E-state index in [0.29, 0.717) is 17.6 Å². The Balaban J connectivity index is 2.13. The predicted octanol–water partition coefficient (Wildman–Crippen LogP) is 2.09. The van der Waals surface area contributed by atoms with Crippen LogP contribution in [-0.2, 0) is 4.74 Å². The second-order valence-electron chi connectivity index (χ2n) is 4.62.